The fraction of sp³-hybridized carbons (Fsp3) is 0.550. The molecule has 1 heterocycles. The van der Waals surface area contributed by atoms with Crippen LogP contribution < -0.4 is 0 Å². The van der Waals surface area contributed by atoms with E-state index in [-0.39, 0.29) is 34.8 Å². The van der Waals surface area contributed by atoms with E-state index in [2.05, 4.69) is 0 Å². The number of carbonyl (C=O) groups excluding carboxylic acids is 1. The summed E-state index contributed by atoms with van der Waals surface area (Å²) in [5, 5.41) is 11.7. The van der Waals surface area contributed by atoms with Gasteiger partial charge >= 0.3 is 5.97 Å². The van der Waals surface area contributed by atoms with E-state index in [1.807, 2.05) is 32.1 Å². The largest absolute Gasteiger partial charge is 0.469 e. The average Bonchev–Trinajstić information content (AvgIpc) is 2.67. The van der Waals surface area contributed by atoms with Crippen molar-refractivity contribution in [2.24, 2.45) is 5.92 Å². The van der Waals surface area contributed by atoms with Crippen LogP contribution in [-0.4, -0.2) is 31.2 Å². The standard InChI is InChI=1S/C20H27NO5/c1-4-14(13-20(22)25-3)16-6-7-18(19(12-16)21(23)24)17(5-2)15-8-10-26-11-9-15/h5-7,12,14-15H,4,8-11,13H2,1-3H3/b17-5+. The maximum Gasteiger partial charge on any atom is 0.306 e. The lowest BCUT2D eigenvalue weighted by atomic mass is 9.84. The number of ether oxygens (including phenoxy) is 2. The van der Waals surface area contributed by atoms with Gasteiger partial charge in [-0.3, -0.25) is 14.9 Å². The lowest BCUT2D eigenvalue weighted by Crippen LogP contribution is -2.17. The second-order valence-electron chi connectivity index (χ2n) is 6.55. The van der Waals surface area contributed by atoms with Gasteiger partial charge in [-0.2, -0.15) is 0 Å². The Bertz CT molecular complexity index is 677. The number of nitrogens with zero attached hydrogens (tertiary/aromatic N) is 1. The van der Waals surface area contributed by atoms with E-state index in [1.54, 1.807) is 6.07 Å². The Morgan fingerprint density at radius 2 is 2.12 bits per heavy atom. The van der Waals surface area contributed by atoms with E-state index in [4.69, 9.17) is 9.47 Å². The SMILES string of the molecule is C/C=C(/c1ccc(C(CC)CC(=O)OC)cc1[N+](=O)[O-])C1CCOCC1. The Kier molecular flexibility index (Phi) is 7.33. The quantitative estimate of drug-likeness (QED) is 0.406. The molecule has 0 aliphatic carbocycles. The molecule has 0 bridgehead atoms. The molecule has 6 heteroatoms. The predicted molar refractivity (Wildman–Crippen MR) is 100.0 cm³/mol. The van der Waals surface area contributed by atoms with E-state index in [1.165, 1.54) is 7.11 Å². The molecule has 1 fully saturated rings. The topological polar surface area (TPSA) is 78.7 Å². The number of benzene rings is 1. The Morgan fingerprint density at radius 1 is 1.42 bits per heavy atom. The highest BCUT2D eigenvalue weighted by Gasteiger charge is 2.26. The summed E-state index contributed by atoms with van der Waals surface area (Å²) >= 11 is 0. The molecule has 1 atom stereocenters. The number of carbonyl (C=O) groups is 1. The van der Waals surface area contributed by atoms with Crippen LogP contribution in [0.2, 0.25) is 0 Å². The van der Waals surface area contributed by atoms with Crippen molar-refractivity contribution < 1.29 is 19.2 Å². The van der Waals surface area contributed by atoms with Gasteiger partial charge in [-0.05, 0) is 55.2 Å². The van der Waals surface area contributed by atoms with Crippen molar-refractivity contribution in [1.29, 1.82) is 0 Å². The van der Waals surface area contributed by atoms with Gasteiger partial charge in [0.15, 0.2) is 0 Å². The monoisotopic (exact) mass is 361 g/mol. The molecule has 0 saturated carbocycles. The molecule has 1 aromatic rings. The van der Waals surface area contributed by atoms with Crippen molar-refractivity contribution in [1.82, 2.24) is 0 Å². The molecular formula is C20H27NO5. The van der Waals surface area contributed by atoms with E-state index in [0.717, 1.165) is 24.0 Å². The molecule has 1 aliphatic rings. The predicted octanol–water partition coefficient (Wildman–Crippen LogP) is 4.48. The fourth-order valence-corrected chi connectivity index (χ4v) is 3.60. The summed E-state index contributed by atoms with van der Waals surface area (Å²) in [7, 11) is 1.35. The van der Waals surface area contributed by atoms with Gasteiger partial charge in [0.2, 0.25) is 0 Å². The van der Waals surface area contributed by atoms with Crippen molar-refractivity contribution in [3.63, 3.8) is 0 Å². The Balaban J connectivity index is 2.38. The highest BCUT2D eigenvalue weighted by atomic mass is 16.6. The highest BCUT2D eigenvalue weighted by Crippen LogP contribution is 2.38. The number of nitro benzene ring substituents is 1. The van der Waals surface area contributed by atoms with Gasteiger partial charge in [0.25, 0.3) is 5.69 Å². The van der Waals surface area contributed by atoms with Gasteiger partial charge in [-0.25, -0.2) is 0 Å². The van der Waals surface area contributed by atoms with Crippen LogP contribution in [0.15, 0.2) is 24.3 Å². The van der Waals surface area contributed by atoms with Crippen LogP contribution in [0.5, 0.6) is 0 Å². The van der Waals surface area contributed by atoms with E-state index in [0.29, 0.717) is 25.2 Å². The third-order valence-corrected chi connectivity index (χ3v) is 5.11. The molecule has 2 rings (SSSR count). The molecule has 1 aliphatic heterocycles. The lowest BCUT2D eigenvalue weighted by Gasteiger charge is -2.25. The number of hydrogen-bond acceptors (Lipinski definition) is 5. The number of allylic oxidation sites excluding steroid dienone is 2. The molecule has 0 amide bonds. The van der Waals surface area contributed by atoms with Crippen molar-refractivity contribution in [3.8, 4) is 0 Å². The highest BCUT2D eigenvalue weighted by molar-refractivity contribution is 5.75. The van der Waals surface area contributed by atoms with Crippen LogP contribution in [0.1, 0.15) is 56.6 Å². The maximum atomic E-state index is 11.7. The summed E-state index contributed by atoms with van der Waals surface area (Å²) in [6.07, 6.45) is 4.66. The molecular weight excluding hydrogens is 334 g/mol. The minimum absolute atomic E-state index is 0.0904. The molecule has 0 aromatic heterocycles. The first-order valence-electron chi connectivity index (χ1n) is 9.11. The van der Waals surface area contributed by atoms with Crippen molar-refractivity contribution in [2.75, 3.05) is 20.3 Å². The van der Waals surface area contributed by atoms with Crippen LogP contribution in [0.25, 0.3) is 5.57 Å². The first-order chi connectivity index (χ1) is 12.5. The van der Waals surface area contributed by atoms with Crippen LogP contribution in [0.4, 0.5) is 5.69 Å². The van der Waals surface area contributed by atoms with Crippen LogP contribution in [0.3, 0.4) is 0 Å². The summed E-state index contributed by atoms with van der Waals surface area (Å²) < 4.78 is 10.2. The molecule has 6 nitrogen and oxygen atoms in total. The lowest BCUT2D eigenvalue weighted by molar-refractivity contribution is -0.385. The van der Waals surface area contributed by atoms with Crippen molar-refractivity contribution in [3.05, 3.63) is 45.5 Å². The zero-order chi connectivity index (χ0) is 19.1. The third kappa shape index (κ3) is 4.69. The average molecular weight is 361 g/mol. The third-order valence-electron chi connectivity index (χ3n) is 5.11. The molecule has 0 N–H and O–H groups in total. The Morgan fingerprint density at radius 3 is 2.65 bits per heavy atom. The number of rotatable bonds is 7. The van der Waals surface area contributed by atoms with Gasteiger partial charge in [-0.1, -0.05) is 19.1 Å². The fourth-order valence-electron chi connectivity index (χ4n) is 3.60. The van der Waals surface area contributed by atoms with E-state index in [9.17, 15) is 14.9 Å². The Labute approximate surface area is 154 Å². The van der Waals surface area contributed by atoms with E-state index >= 15 is 0 Å². The zero-order valence-electron chi connectivity index (χ0n) is 15.7. The summed E-state index contributed by atoms with van der Waals surface area (Å²) in [6, 6.07) is 5.36. The maximum absolute atomic E-state index is 11.7. The van der Waals surface area contributed by atoms with Crippen LogP contribution >= 0.6 is 0 Å². The zero-order valence-corrected chi connectivity index (χ0v) is 15.7. The second kappa shape index (κ2) is 9.48. The number of methoxy groups -OCH3 is 1. The minimum Gasteiger partial charge on any atom is -0.469 e. The minimum atomic E-state index is -0.327. The number of hydrogen-bond donors (Lipinski definition) is 0. The normalized spacial score (nSPS) is 17.0. The van der Waals surface area contributed by atoms with Gasteiger partial charge < -0.3 is 9.47 Å². The molecule has 0 spiro atoms. The van der Waals surface area contributed by atoms with Gasteiger partial charge in [0.05, 0.1) is 24.0 Å². The molecule has 1 unspecified atom stereocenters. The molecule has 142 valence electrons. The summed E-state index contributed by atoms with van der Waals surface area (Å²) in [5.74, 6) is -0.123. The van der Waals surface area contributed by atoms with E-state index < -0.39 is 0 Å². The van der Waals surface area contributed by atoms with Crippen LogP contribution in [0, 0.1) is 16.0 Å². The first-order valence-corrected chi connectivity index (χ1v) is 9.11. The van der Waals surface area contributed by atoms with Gasteiger partial charge in [-0.15, -0.1) is 0 Å². The van der Waals surface area contributed by atoms with Gasteiger partial charge in [0, 0.05) is 19.3 Å². The number of esters is 1. The van der Waals surface area contributed by atoms with Crippen LogP contribution in [-0.2, 0) is 14.3 Å². The molecule has 0 radical (unpaired) electrons. The summed E-state index contributed by atoms with van der Waals surface area (Å²) in [5.41, 5.74) is 2.58. The second-order valence-corrected chi connectivity index (χ2v) is 6.55. The van der Waals surface area contributed by atoms with Crippen molar-refractivity contribution in [2.45, 2.75) is 45.4 Å². The summed E-state index contributed by atoms with van der Waals surface area (Å²) in [6.45, 7) is 5.26. The first kappa shape index (κ1) is 20.1. The molecule has 1 aromatic carbocycles. The summed E-state index contributed by atoms with van der Waals surface area (Å²) in [4.78, 5) is 23.0. The Hall–Kier alpha value is -2.21. The van der Waals surface area contributed by atoms with Crippen molar-refractivity contribution >= 4 is 17.2 Å². The van der Waals surface area contributed by atoms with Gasteiger partial charge in [0.1, 0.15) is 0 Å². The molecule has 1 saturated heterocycles. The smallest absolute Gasteiger partial charge is 0.306 e. The molecule has 26 heavy (non-hydrogen) atoms. The number of nitro groups is 1.